The molecule has 0 saturated heterocycles. The normalized spacial score (nSPS) is 16.0. The summed E-state index contributed by atoms with van der Waals surface area (Å²) < 4.78 is 0. The fourth-order valence-electron chi connectivity index (χ4n) is 3.45. The van der Waals surface area contributed by atoms with Gasteiger partial charge in [0.25, 0.3) is 0 Å². The van der Waals surface area contributed by atoms with Gasteiger partial charge in [-0.15, -0.1) is 23.7 Å². The van der Waals surface area contributed by atoms with Gasteiger partial charge in [-0.25, -0.2) is 4.98 Å². The highest BCUT2D eigenvalue weighted by Crippen LogP contribution is 2.38. The van der Waals surface area contributed by atoms with E-state index < -0.39 is 0 Å². The fourth-order valence-corrected chi connectivity index (χ4v) is 4.27. The second-order valence-corrected chi connectivity index (χ2v) is 7.59. The minimum atomic E-state index is 0. The molecule has 0 aliphatic heterocycles. The van der Waals surface area contributed by atoms with Crippen LogP contribution in [0.25, 0.3) is 10.6 Å². The topological polar surface area (TPSA) is 68.0 Å². The Morgan fingerprint density at radius 2 is 1.92 bits per heavy atom. The maximum absolute atomic E-state index is 12.3. The van der Waals surface area contributed by atoms with Gasteiger partial charge < -0.3 is 11.1 Å². The van der Waals surface area contributed by atoms with Crippen LogP contribution in [0, 0.1) is 5.41 Å². The summed E-state index contributed by atoms with van der Waals surface area (Å²) in [5, 5.41) is 6.03. The first kappa shape index (κ1) is 19.9. The van der Waals surface area contributed by atoms with Crippen molar-refractivity contribution in [2.24, 2.45) is 11.1 Å². The van der Waals surface area contributed by atoms with Crippen molar-refractivity contribution in [3.05, 3.63) is 41.4 Å². The van der Waals surface area contributed by atoms with Crippen LogP contribution < -0.4 is 11.1 Å². The van der Waals surface area contributed by atoms with Gasteiger partial charge in [-0.1, -0.05) is 49.6 Å². The Hall–Kier alpha value is -1.43. The van der Waals surface area contributed by atoms with Crippen molar-refractivity contribution in [1.29, 1.82) is 0 Å². The average Bonchev–Trinajstić information content (AvgIpc) is 3.11. The molecule has 3 N–H and O–H groups in total. The molecule has 1 fully saturated rings. The lowest BCUT2D eigenvalue weighted by atomic mass is 9.71. The van der Waals surface area contributed by atoms with Crippen LogP contribution >= 0.6 is 23.7 Å². The maximum Gasteiger partial charge on any atom is 0.220 e. The van der Waals surface area contributed by atoms with Crippen LogP contribution in [0.15, 0.2) is 35.7 Å². The number of nitrogens with two attached hydrogens (primary N) is 1. The predicted octanol–water partition coefficient (Wildman–Crippen LogP) is 4.15. The van der Waals surface area contributed by atoms with Crippen molar-refractivity contribution in [1.82, 2.24) is 10.3 Å². The minimum Gasteiger partial charge on any atom is -0.350 e. The van der Waals surface area contributed by atoms with Gasteiger partial charge in [0.05, 0.1) is 12.2 Å². The van der Waals surface area contributed by atoms with E-state index in [-0.39, 0.29) is 23.7 Å². The summed E-state index contributed by atoms with van der Waals surface area (Å²) in [5.41, 5.74) is 8.01. The summed E-state index contributed by atoms with van der Waals surface area (Å²) in [6.07, 6.45) is 6.34. The zero-order valence-electron chi connectivity index (χ0n) is 14.4. The van der Waals surface area contributed by atoms with E-state index in [1.165, 1.54) is 19.3 Å². The Morgan fingerprint density at radius 3 is 2.60 bits per heavy atom. The molecule has 1 saturated carbocycles. The molecule has 1 amide bonds. The van der Waals surface area contributed by atoms with E-state index in [2.05, 4.69) is 22.4 Å². The first-order chi connectivity index (χ1) is 11.7. The number of nitrogens with one attached hydrogen (secondary N) is 1. The number of carbonyl (C=O) groups is 1. The van der Waals surface area contributed by atoms with Crippen LogP contribution in [0.1, 0.15) is 44.2 Å². The van der Waals surface area contributed by atoms with Crippen LogP contribution in [-0.2, 0) is 11.3 Å². The van der Waals surface area contributed by atoms with Crippen molar-refractivity contribution < 1.29 is 4.79 Å². The van der Waals surface area contributed by atoms with Crippen LogP contribution in [0.5, 0.6) is 0 Å². The fraction of sp³-hybridized carbons (Fsp3) is 0.474. The third-order valence-electron chi connectivity index (χ3n) is 4.92. The number of carbonyl (C=O) groups excluding carboxylic acids is 1. The Morgan fingerprint density at radius 1 is 1.20 bits per heavy atom. The molecular formula is C19H26ClN3OS. The van der Waals surface area contributed by atoms with Gasteiger partial charge in [0.2, 0.25) is 5.91 Å². The smallest absolute Gasteiger partial charge is 0.220 e. The summed E-state index contributed by atoms with van der Waals surface area (Å²) in [6, 6.07) is 10.1. The molecule has 3 rings (SSSR count). The second kappa shape index (κ2) is 9.32. The van der Waals surface area contributed by atoms with Crippen molar-refractivity contribution in [2.45, 2.75) is 45.1 Å². The Labute approximate surface area is 159 Å². The van der Waals surface area contributed by atoms with Gasteiger partial charge in [0.1, 0.15) is 5.01 Å². The molecule has 0 unspecified atom stereocenters. The number of halogens is 1. The van der Waals surface area contributed by atoms with E-state index in [1.807, 2.05) is 23.6 Å². The number of amides is 1. The lowest BCUT2D eigenvalue weighted by molar-refractivity contribution is -0.124. The quantitative estimate of drug-likeness (QED) is 0.792. The molecule has 0 bridgehead atoms. The minimum absolute atomic E-state index is 0. The summed E-state index contributed by atoms with van der Waals surface area (Å²) in [5.74, 6) is 0.0941. The number of benzene rings is 1. The summed E-state index contributed by atoms with van der Waals surface area (Å²) in [7, 11) is 0. The van der Waals surface area contributed by atoms with Gasteiger partial charge in [-0.3, -0.25) is 4.79 Å². The standard InChI is InChI=1S/C19H25N3OS.ClH/c20-14-19(9-5-2-6-10-19)11-17(23)21-12-16-13-24-18(22-16)15-7-3-1-4-8-15;/h1,3-4,7-8,13H,2,5-6,9-12,14,20H2,(H,21,23);1H. The van der Waals surface area contributed by atoms with Crippen LogP contribution in [0.3, 0.4) is 0 Å². The van der Waals surface area contributed by atoms with E-state index >= 15 is 0 Å². The van der Waals surface area contributed by atoms with Crippen molar-refractivity contribution in [3.63, 3.8) is 0 Å². The molecule has 25 heavy (non-hydrogen) atoms. The Balaban J connectivity index is 0.00000225. The SMILES string of the molecule is Cl.NCC1(CC(=O)NCc2csc(-c3ccccc3)n2)CCCCC1. The van der Waals surface area contributed by atoms with E-state index in [0.29, 0.717) is 19.5 Å². The number of rotatable bonds is 6. The van der Waals surface area contributed by atoms with Crippen molar-refractivity contribution in [3.8, 4) is 10.6 Å². The van der Waals surface area contributed by atoms with Gasteiger partial charge in [0.15, 0.2) is 0 Å². The third-order valence-corrected chi connectivity index (χ3v) is 5.86. The molecule has 1 aliphatic carbocycles. The zero-order chi connectivity index (χ0) is 16.8. The van der Waals surface area contributed by atoms with Crippen molar-refractivity contribution >= 4 is 29.7 Å². The molecular weight excluding hydrogens is 354 g/mol. The maximum atomic E-state index is 12.3. The molecule has 4 nitrogen and oxygen atoms in total. The van der Waals surface area contributed by atoms with Gasteiger partial charge in [0, 0.05) is 17.4 Å². The molecule has 1 aliphatic rings. The number of thiazole rings is 1. The summed E-state index contributed by atoms with van der Waals surface area (Å²) in [4.78, 5) is 17.0. The van der Waals surface area contributed by atoms with Crippen LogP contribution in [0.2, 0.25) is 0 Å². The molecule has 1 aromatic carbocycles. The van der Waals surface area contributed by atoms with E-state index in [0.717, 1.165) is 29.1 Å². The van der Waals surface area contributed by atoms with Gasteiger partial charge >= 0.3 is 0 Å². The molecule has 1 heterocycles. The number of nitrogens with zero attached hydrogens (tertiary/aromatic N) is 1. The summed E-state index contributed by atoms with van der Waals surface area (Å²) in [6.45, 7) is 1.10. The molecule has 1 aromatic heterocycles. The predicted molar refractivity (Wildman–Crippen MR) is 106 cm³/mol. The van der Waals surface area contributed by atoms with Gasteiger partial charge in [-0.2, -0.15) is 0 Å². The Kier molecular flexibility index (Phi) is 7.41. The van der Waals surface area contributed by atoms with Crippen molar-refractivity contribution in [2.75, 3.05) is 6.54 Å². The highest BCUT2D eigenvalue weighted by molar-refractivity contribution is 7.13. The van der Waals surface area contributed by atoms with Gasteiger partial charge in [-0.05, 0) is 24.8 Å². The van der Waals surface area contributed by atoms with Crippen LogP contribution in [0.4, 0.5) is 0 Å². The monoisotopic (exact) mass is 379 g/mol. The average molecular weight is 380 g/mol. The van der Waals surface area contributed by atoms with Crippen LogP contribution in [-0.4, -0.2) is 17.4 Å². The number of hydrogen-bond donors (Lipinski definition) is 2. The first-order valence-electron chi connectivity index (χ1n) is 8.67. The largest absolute Gasteiger partial charge is 0.350 e. The van der Waals surface area contributed by atoms with E-state index in [1.54, 1.807) is 11.3 Å². The molecule has 136 valence electrons. The molecule has 6 heteroatoms. The number of hydrogen-bond acceptors (Lipinski definition) is 4. The lowest BCUT2D eigenvalue weighted by Gasteiger charge is -2.35. The molecule has 0 spiro atoms. The molecule has 0 radical (unpaired) electrons. The molecule has 0 atom stereocenters. The highest BCUT2D eigenvalue weighted by atomic mass is 35.5. The van der Waals surface area contributed by atoms with E-state index in [9.17, 15) is 4.79 Å². The highest BCUT2D eigenvalue weighted by Gasteiger charge is 2.32. The zero-order valence-corrected chi connectivity index (χ0v) is 16.0. The second-order valence-electron chi connectivity index (χ2n) is 6.73. The Bertz CT molecular complexity index is 668. The third kappa shape index (κ3) is 5.27. The van der Waals surface area contributed by atoms with E-state index in [4.69, 9.17) is 5.73 Å². The lowest BCUT2D eigenvalue weighted by Crippen LogP contribution is -2.38. The summed E-state index contributed by atoms with van der Waals surface area (Å²) >= 11 is 1.61. The molecule has 2 aromatic rings. The first-order valence-corrected chi connectivity index (χ1v) is 9.55. The number of aromatic nitrogens is 1.